The molecule has 2 aromatic rings. The lowest BCUT2D eigenvalue weighted by Crippen LogP contribution is -2.37. The number of thiophene rings is 1. The second-order valence-electron chi connectivity index (χ2n) is 4.97. The molecule has 5 N–H and O–H groups in total. The Bertz CT molecular complexity index is 777. The third-order valence-electron chi connectivity index (χ3n) is 3.48. The Kier molecular flexibility index (Phi) is 3.34. The fourth-order valence-electron chi connectivity index (χ4n) is 2.25. The van der Waals surface area contributed by atoms with E-state index in [0.717, 1.165) is 16.0 Å². The zero-order valence-corrected chi connectivity index (χ0v) is 12.3. The van der Waals surface area contributed by atoms with Gasteiger partial charge in [-0.05, 0) is 13.0 Å². The standard InChI is InChI=1S/C14H15N5OS/c1-7-2-3-8(15)4-10(7)19-14(20)9-5-21-12-11(9)17-6-18-13(12)16/h2-3,5-6,10H,4,15H2,1H3,(H,19,20)(H2,16,17,18). The van der Waals surface area contributed by atoms with Crippen LogP contribution in [-0.4, -0.2) is 21.9 Å². The number of hydrogen-bond acceptors (Lipinski definition) is 6. The summed E-state index contributed by atoms with van der Waals surface area (Å²) in [5.41, 5.74) is 14.6. The van der Waals surface area contributed by atoms with Gasteiger partial charge >= 0.3 is 0 Å². The maximum Gasteiger partial charge on any atom is 0.254 e. The zero-order chi connectivity index (χ0) is 15.0. The van der Waals surface area contributed by atoms with Crippen molar-refractivity contribution in [2.45, 2.75) is 19.4 Å². The first kappa shape index (κ1) is 13.6. The quantitative estimate of drug-likeness (QED) is 0.780. The van der Waals surface area contributed by atoms with Crippen molar-refractivity contribution in [3.05, 3.63) is 40.7 Å². The Morgan fingerprint density at radius 1 is 1.38 bits per heavy atom. The second-order valence-corrected chi connectivity index (χ2v) is 5.85. The smallest absolute Gasteiger partial charge is 0.254 e. The number of carbonyl (C=O) groups excluding carboxylic acids is 1. The molecule has 2 aromatic heterocycles. The first-order valence-electron chi connectivity index (χ1n) is 6.47. The van der Waals surface area contributed by atoms with Crippen molar-refractivity contribution in [1.82, 2.24) is 15.3 Å². The van der Waals surface area contributed by atoms with E-state index in [4.69, 9.17) is 11.5 Å². The average molecular weight is 301 g/mol. The number of allylic oxidation sites excluding steroid dienone is 2. The number of fused-ring (bicyclic) bond motifs is 1. The first-order valence-corrected chi connectivity index (χ1v) is 7.35. The molecule has 0 radical (unpaired) electrons. The van der Waals surface area contributed by atoms with Gasteiger partial charge in [0.05, 0.1) is 21.8 Å². The highest BCUT2D eigenvalue weighted by atomic mass is 32.1. The minimum atomic E-state index is -0.174. The van der Waals surface area contributed by atoms with Gasteiger partial charge in [0.15, 0.2) is 0 Å². The molecule has 7 heteroatoms. The predicted octanol–water partition coefficient (Wildman–Crippen LogP) is 1.56. The van der Waals surface area contributed by atoms with Crippen molar-refractivity contribution in [1.29, 1.82) is 0 Å². The van der Waals surface area contributed by atoms with Gasteiger partial charge in [0.25, 0.3) is 5.91 Å². The number of amides is 1. The number of carbonyl (C=O) groups is 1. The van der Waals surface area contributed by atoms with Crippen molar-refractivity contribution in [3.8, 4) is 0 Å². The minimum absolute atomic E-state index is 0.0864. The summed E-state index contributed by atoms with van der Waals surface area (Å²) in [5, 5.41) is 4.75. The molecule has 0 fully saturated rings. The normalized spacial score (nSPS) is 18.2. The molecule has 21 heavy (non-hydrogen) atoms. The van der Waals surface area contributed by atoms with Crippen LogP contribution in [-0.2, 0) is 0 Å². The molecule has 0 saturated carbocycles. The summed E-state index contributed by atoms with van der Waals surface area (Å²) in [6.07, 6.45) is 5.78. The largest absolute Gasteiger partial charge is 0.402 e. The molecular formula is C14H15N5OS. The molecule has 1 atom stereocenters. The number of nitrogens with two attached hydrogens (primary N) is 2. The molecule has 0 aromatic carbocycles. The van der Waals surface area contributed by atoms with Gasteiger partial charge in [0, 0.05) is 17.5 Å². The Morgan fingerprint density at radius 2 is 2.19 bits per heavy atom. The van der Waals surface area contributed by atoms with Crippen molar-refractivity contribution < 1.29 is 4.79 Å². The number of rotatable bonds is 2. The summed E-state index contributed by atoms with van der Waals surface area (Å²) in [6.45, 7) is 1.97. The summed E-state index contributed by atoms with van der Waals surface area (Å²) in [4.78, 5) is 20.5. The number of nitrogens with one attached hydrogen (secondary N) is 1. The average Bonchev–Trinajstić information content (AvgIpc) is 2.88. The number of nitrogens with zero attached hydrogens (tertiary/aromatic N) is 2. The molecule has 0 bridgehead atoms. The van der Waals surface area contributed by atoms with Crippen LogP contribution < -0.4 is 16.8 Å². The van der Waals surface area contributed by atoms with Crippen LogP contribution in [0.3, 0.4) is 0 Å². The van der Waals surface area contributed by atoms with E-state index >= 15 is 0 Å². The molecule has 1 amide bonds. The van der Waals surface area contributed by atoms with E-state index in [0.29, 0.717) is 23.3 Å². The molecule has 108 valence electrons. The number of anilines is 1. The highest BCUT2D eigenvalue weighted by Gasteiger charge is 2.21. The van der Waals surface area contributed by atoms with Gasteiger partial charge in [-0.2, -0.15) is 0 Å². The van der Waals surface area contributed by atoms with Gasteiger partial charge in [-0.3, -0.25) is 4.79 Å². The van der Waals surface area contributed by atoms with Crippen molar-refractivity contribution in [2.24, 2.45) is 5.73 Å². The van der Waals surface area contributed by atoms with Crippen LogP contribution in [0.25, 0.3) is 10.2 Å². The Labute approximate surface area is 125 Å². The van der Waals surface area contributed by atoms with Crippen LogP contribution in [0.4, 0.5) is 5.82 Å². The van der Waals surface area contributed by atoms with Gasteiger partial charge in [-0.15, -0.1) is 11.3 Å². The topological polar surface area (TPSA) is 107 Å². The van der Waals surface area contributed by atoms with Crippen LogP contribution in [0.2, 0.25) is 0 Å². The van der Waals surface area contributed by atoms with E-state index in [1.54, 1.807) is 5.38 Å². The van der Waals surface area contributed by atoms with Crippen LogP contribution in [0.5, 0.6) is 0 Å². The zero-order valence-electron chi connectivity index (χ0n) is 11.5. The summed E-state index contributed by atoms with van der Waals surface area (Å²) < 4.78 is 0.734. The Morgan fingerprint density at radius 3 is 3.00 bits per heavy atom. The minimum Gasteiger partial charge on any atom is -0.402 e. The predicted molar refractivity (Wildman–Crippen MR) is 83.7 cm³/mol. The van der Waals surface area contributed by atoms with Gasteiger partial charge in [-0.1, -0.05) is 11.6 Å². The fourth-order valence-corrected chi connectivity index (χ4v) is 3.15. The van der Waals surface area contributed by atoms with Crippen molar-refractivity contribution in [3.63, 3.8) is 0 Å². The monoisotopic (exact) mass is 301 g/mol. The van der Waals surface area contributed by atoms with E-state index < -0.39 is 0 Å². The van der Waals surface area contributed by atoms with Crippen LogP contribution in [0.15, 0.2) is 35.1 Å². The lowest BCUT2D eigenvalue weighted by molar-refractivity contribution is 0.0944. The van der Waals surface area contributed by atoms with Crippen LogP contribution >= 0.6 is 11.3 Å². The highest BCUT2D eigenvalue weighted by Crippen LogP contribution is 2.27. The van der Waals surface area contributed by atoms with Crippen molar-refractivity contribution >= 4 is 33.3 Å². The van der Waals surface area contributed by atoms with Crippen LogP contribution in [0, 0.1) is 0 Å². The first-order chi connectivity index (χ1) is 10.1. The van der Waals surface area contributed by atoms with E-state index in [9.17, 15) is 4.79 Å². The molecule has 1 aliphatic carbocycles. The summed E-state index contributed by atoms with van der Waals surface area (Å²) in [7, 11) is 0. The Hall–Kier alpha value is -2.41. The second kappa shape index (κ2) is 5.17. The van der Waals surface area contributed by atoms with Gasteiger partial charge < -0.3 is 16.8 Å². The fraction of sp³-hybridized carbons (Fsp3) is 0.214. The molecule has 3 rings (SSSR count). The van der Waals surface area contributed by atoms with E-state index in [2.05, 4.69) is 15.3 Å². The van der Waals surface area contributed by atoms with Crippen LogP contribution in [0.1, 0.15) is 23.7 Å². The third-order valence-corrected chi connectivity index (χ3v) is 4.47. The third kappa shape index (κ3) is 2.47. The SMILES string of the molecule is CC1=CC=C(N)CC1NC(=O)c1csc2c(N)ncnc12. The molecule has 2 heterocycles. The summed E-state index contributed by atoms with van der Waals surface area (Å²) in [6, 6.07) is -0.0864. The lowest BCUT2D eigenvalue weighted by Gasteiger charge is -2.22. The number of aromatic nitrogens is 2. The summed E-state index contributed by atoms with van der Waals surface area (Å²) >= 11 is 1.37. The molecular weight excluding hydrogens is 286 g/mol. The van der Waals surface area contributed by atoms with E-state index in [1.807, 2.05) is 19.1 Å². The number of nitrogen functional groups attached to an aromatic ring is 1. The van der Waals surface area contributed by atoms with Gasteiger partial charge in [0.1, 0.15) is 12.1 Å². The maximum absolute atomic E-state index is 12.5. The molecule has 6 nitrogen and oxygen atoms in total. The molecule has 1 aliphatic rings. The Balaban J connectivity index is 1.87. The van der Waals surface area contributed by atoms with E-state index in [-0.39, 0.29) is 11.9 Å². The molecule has 0 spiro atoms. The highest BCUT2D eigenvalue weighted by molar-refractivity contribution is 7.18. The van der Waals surface area contributed by atoms with Gasteiger partial charge in [-0.25, -0.2) is 9.97 Å². The summed E-state index contributed by atoms with van der Waals surface area (Å²) in [5.74, 6) is 0.219. The van der Waals surface area contributed by atoms with Crippen molar-refractivity contribution in [2.75, 3.05) is 5.73 Å². The molecule has 0 aliphatic heterocycles. The number of hydrogen-bond donors (Lipinski definition) is 3. The van der Waals surface area contributed by atoms with Gasteiger partial charge in [0.2, 0.25) is 0 Å². The molecule has 0 saturated heterocycles. The lowest BCUT2D eigenvalue weighted by atomic mass is 9.98. The maximum atomic E-state index is 12.5. The molecule has 1 unspecified atom stereocenters. The van der Waals surface area contributed by atoms with E-state index in [1.165, 1.54) is 17.7 Å².